The summed E-state index contributed by atoms with van der Waals surface area (Å²) in [6.07, 6.45) is 0. The Labute approximate surface area is 74.1 Å². The molecule has 0 heterocycles. The second-order valence-electron chi connectivity index (χ2n) is 1.59. The molecule has 0 aliphatic heterocycles. The molecule has 0 atom stereocenters. The molecule has 0 amide bonds. The first kappa shape index (κ1) is 10.3. The zero-order valence-electron chi connectivity index (χ0n) is 5.48. The molecule has 60 valence electrons. The third-order valence-corrected chi connectivity index (χ3v) is 0.967. The number of hydrogen-bond donors (Lipinski definition) is 1. The van der Waals surface area contributed by atoms with Crippen molar-refractivity contribution in [2.24, 2.45) is 0 Å². The Balaban J connectivity index is 0.000000461. The van der Waals surface area contributed by atoms with E-state index in [0.29, 0.717) is 0 Å². The van der Waals surface area contributed by atoms with E-state index in [2.05, 4.69) is 22.5 Å². The van der Waals surface area contributed by atoms with Gasteiger partial charge in [0.15, 0.2) is 0 Å². The summed E-state index contributed by atoms with van der Waals surface area (Å²) >= 11 is 3.00. The van der Waals surface area contributed by atoms with Crippen LogP contribution in [0.1, 0.15) is 0 Å². The normalized spacial score (nSPS) is 7.82. The highest BCUT2D eigenvalue weighted by atomic mass is 35.7. The van der Waals surface area contributed by atoms with Crippen LogP contribution in [0.3, 0.4) is 0 Å². The standard InChI is InChI=1S/C6H5NO2.ClHS/c8-7(9)6-4-2-1-3-5-6;1-2/h1-5H;2H. The van der Waals surface area contributed by atoms with E-state index in [0.717, 1.165) is 0 Å². The molecule has 11 heavy (non-hydrogen) atoms. The zero-order valence-corrected chi connectivity index (χ0v) is 7.13. The molecule has 1 aromatic rings. The van der Waals surface area contributed by atoms with Gasteiger partial charge in [-0.2, -0.15) is 0 Å². The van der Waals surface area contributed by atoms with Gasteiger partial charge in [0.2, 0.25) is 0 Å². The minimum Gasteiger partial charge on any atom is -0.258 e. The van der Waals surface area contributed by atoms with E-state index in [9.17, 15) is 10.1 Å². The number of rotatable bonds is 1. The van der Waals surface area contributed by atoms with E-state index in [1.165, 1.54) is 12.1 Å². The fraction of sp³-hybridized carbons (Fsp3) is 0. The van der Waals surface area contributed by atoms with Crippen LogP contribution < -0.4 is 0 Å². The Bertz CT molecular complexity index is 217. The molecule has 1 rings (SSSR count). The van der Waals surface area contributed by atoms with Crippen LogP contribution in [0.25, 0.3) is 0 Å². The molecule has 5 heteroatoms. The quantitative estimate of drug-likeness (QED) is 0.421. The zero-order chi connectivity index (χ0) is 8.69. The molecule has 0 unspecified atom stereocenters. The monoisotopic (exact) mass is 191 g/mol. The lowest BCUT2D eigenvalue weighted by Gasteiger charge is -1.85. The molecule has 1 aromatic carbocycles. The van der Waals surface area contributed by atoms with E-state index in [4.69, 9.17) is 0 Å². The highest BCUT2D eigenvalue weighted by molar-refractivity contribution is 8.05. The summed E-state index contributed by atoms with van der Waals surface area (Å²) in [5, 5.41) is 10.0. The molecule has 0 spiro atoms. The van der Waals surface area contributed by atoms with E-state index in [1.807, 2.05) is 0 Å². The van der Waals surface area contributed by atoms with Gasteiger partial charge in [-0.15, -0.1) is 0 Å². The Kier molecular flexibility index (Phi) is 5.60. The van der Waals surface area contributed by atoms with Crippen molar-refractivity contribution in [3.05, 3.63) is 40.4 Å². The van der Waals surface area contributed by atoms with Gasteiger partial charge in [-0.1, -0.05) is 30.0 Å². The van der Waals surface area contributed by atoms with Crippen LogP contribution in [0.5, 0.6) is 0 Å². The summed E-state index contributed by atoms with van der Waals surface area (Å²) in [6.45, 7) is 0. The molecule has 0 aliphatic carbocycles. The third kappa shape index (κ3) is 3.85. The Morgan fingerprint density at radius 3 is 2.00 bits per heavy atom. The van der Waals surface area contributed by atoms with Gasteiger partial charge in [0.25, 0.3) is 5.69 Å². The molecule has 0 fully saturated rings. The second-order valence-corrected chi connectivity index (χ2v) is 1.59. The molecule has 0 saturated carbocycles. The first-order valence-corrected chi connectivity index (χ1v) is 4.02. The molecular formula is C6H6ClNO2S. The fourth-order valence-corrected chi connectivity index (χ4v) is 0.550. The van der Waals surface area contributed by atoms with Gasteiger partial charge in [-0.05, 0) is 10.7 Å². The molecule has 0 radical (unpaired) electrons. The van der Waals surface area contributed by atoms with Crippen molar-refractivity contribution >= 4 is 28.2 Å². The van der Waals surface area contributed by atoms with Crippen molar-refractivity contribution in [1.29, 1.82) is 0 Å². The van der Waals surface area contributed by atoms with Gasteiger partial charge >= 0.3 is 0 Å². The number of thiol groups is 1. The topological polar surface area (TPSA) is 43.1 Å². The number of benzene rings is 1. The number of halogens is 1. The maximum atomic E-state index is 10.0. The summed E-state index contributed by atoms with van der Waals surface area (Å²) in [7, 11) is 4.33. The van der Waals surface area contributed by atoms with Gasteiger partial charge in [-0.3, -0.25) is 10.1 Å². The number of non-ortho nitro benzene ring substituents is 1. The maximum absolute atomic E-state index is 10.0. The summed E-state index contributed by atoms with van der Waals surface area (Å²) in [5.41, 5.74) is 0.137. The largest absolute Gasteiger partial charge is 0.269 e. The first-order chi connectivity index (χ1) is 5.30. The summed E-state index contributed by atoms with van der Waals surface area (Å²) < 4.78 is 0. The highest BCUT2D eigenvalue weighted by Crippen LogP contribution is 2.06. The van der Waals surface area contributed by atoms with E-state index < -0.39 is 4.92 Å². The average Bonchev–Trinajstić information content (AvgIpc) is 2.10. The molecule has 0 aliphatic rings. The molecule has 0 aromatic heterocycles. The Hall–Kier alpha value is -0.740. The van der Waals surface area contributed by atoms with Crippen molar-refractivity contribution in [2.45, 2.75) is 0 Å². The molecule has 3 nitrogen and oxygen atoms in total. The molecule has 0 saturated heterocycles. The predicted octanol–water partition coefficient (Wildman–Crippen LogP) is 2.66. The van der Waals surface area contributed by atoms with Crippen LogP contribution in [0.15, 0.2) is 30.3 Å². The van der Waals surface area contributed by atoms with Crippen molar-refractivity contribution in [1.82, 2.24) is 0 Å². The van der Waals surface area contributed by atoms with Crippen LogP contribution >= 0.6 is 22.5 Å². The van der Waals surface area contributed by atoms with Crippen LogP contribution in [0.4, 0.5) is 5.69 Å². The molecular weight excluding hydrogens is 186 g/mol. The lowest BCUT2D eigenvalue weighted by molar-refractivity contribution is -0.384. The minimum absolute atomic E-state index is 0.137. The van der Waals surface area contributed by atoms with Gasteiger partial charge < -0.3 is 0 Å². The van der Waals surface area contributed by atoms with Gasteiger partial charge in [0.1, 0.15) is 0 Å². The number of nitro benzene ring substituents is 1. The van der Waals surface area contributed by atoms with Gasteiger partial charge in [0, 0.05) is 12.1 Å². The average molecular weight is 192 g/mol. The van der Waals surface area contributed by atoms with Crippen LogP contribution in [0, 0.1) is 10.1 Å². The Morgan fingerprint density at radius 2 is 1.73 bits per heavy atom. The number of para-hydroxylation sites is 1. The van der Waals surface area contributed by atoms with Crippen molar-refractivity contribution in [3.8, 4) is 0 Å². The fourth-order valence-electron chi connectivity index (χ4n) is 0.550. The van der Waals surface area contributed by atoms with E-state index in [1.54, 1.807) is 18.2 Å². The SMILES string of the molecule is O=[N+]([O-])c1ccccc1.SCl. The minimum atomic E-state index is -0.417. The lowest BCUT2D eigenvalue weighted by Crippen LogP contribution is -1.84. The van der Waals surface area contributed by atoms with Crippen molar-refractivity contribution in [3.63, 3.8) is 0 Å². The number of hydrogen-bond acceptors (Lipinski definition) is 3. The molecule has 0 bridgehead atoms. The van der Waals surface area contributed by atoms with Crippen LogP contribution in [0.2, 0.25) is 0 Å². The Morgan fingerprint density at radius 1 is 1.27 bits per heavy atom. The van der Waals surface area contributed by atoms with Crippen LogP contribution in [-0.4, -0.2) is 4.92 Å². The summed E-state index contributed by atoms with van der Waals surface area (Å²) in [4.78, 5) is 9.59. The summed E-state index contributed by atoms with van der Waals surface area (Å²) in [5.74, 6) is 0. The molecule has 0 N–H and O–H groups in total. The predicted molar refractivity (Wildman–Crippen MR) is 47.9 cm³/mol. The van der Waals surface area contributed by atoms with E-state index in [-0.39, 0.29) is 5.69 Å². The van der Waals surface area contributed by atoms with Crippen molar-refractivity contribution in [2.75, 3.05) is 0 Å². The lowest BCUT2D eigenvalue weighted by atomic mass is 10.3. The van der Waals surface area contributed by atoms with Crippen molar-refractivity contribution < 1.29 is 4.92 Å². The summed E-state index contributed by atoms with van der Waals surface area (Å²) in [6, 6.07) is 7.93. The highest BCUT2D eigenvalue weighted by Gasteiger charge is 1.98. The van der Waals surface area contributed by atoms with Gasteiger partial charge in [-0.25, -0.2) is 0 Å². The first-order valence-electron chi connectivity index (χ1n) is 2.67. The van der Waals surface area contributed by atoms with Gasteiger partial charge in [0.05, 0.1) is 4.92 Å². The number of nitro groups is 1. The van der Waals surface area contributed by atoms with E-state index >= 15 is 0 Å². The smallest absolute Gasteiger partial charge is 0.258 e. The third-order valence-electron chi connectivity index (χ3n) is 0.967. The maximum Gasteiger partial charge on any atom is 0.269 e. The second kappa shape index (κ2) is 6.00. The van der Waals surface area contributed by atoms with Crippen LogP contribution in [-0.2, 0) is 0 Å². The number of nitrogens with zero attached hydrogens (tertiary/aromatic N) is 1.